The van der Waals surface area contributed by atoms with Gasteiger partial charge in [0.1, 0.15) is 34.9 Å². The lowest BCUT2D eigenvalue weighted by Crippen LogP contribution is -2.07. The summed E-state index contributed by atoms with van der Waals surface area (Å²) >= 11 is 4.86. The second-order valence-electron chi connectivity index (χ2n) is 23.8. The topological polar surface area (TPSA) is 158 Å². The van der Waals surface area contributed by atoms with Crippen LogP contribution in [-0.2, 0) is 51.7 Å². The van der Waals surface area contributed by atoms with Gasteiger partial charge in [0.25, 0.3) is 0 Å². The number of halogens is 3. The van der Waals surface area contributed by atoms with E-state index in [4.69, 9.17) is 0 Å². The van der Waals surface area contributed by atoms with Gasteiger partial charge in [-0.1, -0.05) is 77.9 Å². The first kappa shape index (κ1) is 64.5. The molecule has 0 atom stereocenters. The zero-order valence-electron chi connectivity index (χ0n) is 53.0. The number of hydrogen-bond acceptors (Lipinski definition) is 13. The molecule has 14 nitrogen and oxygen atoms in total. The highest BCUT2D eigenvalue weighted by Crippen LogP contribution is 2.36. The zero-order valence-corrected chi connectivity index (χ0v) is 55.5. The van der Waals surface area contributed by atoms with Gasteiger partial charge in [0, 0.05) is 138 Å². The summed E-state index contributed by atoms with van der Waals surface area (Å²) in [5.41, 5.74) is 14.6. The van der Waals surface area contributed by atoms with E-state index in [1.165, 1.54) is 57.9 Å². The van der Waals surface area contributed by atoms with Crippen LogP contribution in [0.1, 0.15) is 114 Å². The Hall–Kier alpha value is -9.24. The standard InChI is InChI=1S/2C26H25FN4S.C23H21FN6S/c1-18-5-2-8-23(15-18)32-26-30-29-25(31(26)14-4-7-22-6-3-13-28-22)17-20-10-9-19-16-21(27)11-12-24(19)20;1-18-6-11-23(12-7-18)32-26-30-29-25(31(26)15-3-5-22-4-2-14-28-22)17-20-9-8-19-16-21(27)10-13-24(19)20;24-17-7-8-20-16(14-27-21(20)13-17)12-22-28-29-23(31-19-6-2-9-25-15-19)30(22)11-3-5-18-4-1-10-26-18/h2,5-6,8,10-13,15-16H,3-4,7,9,14,17H2,1H3;4,6-7,9-14,16H,2-3,5,8,15,17H2,1H3;2,4,6-10,13-15,27H,1,3,5,11-12H2. The lowest BCUT2D eigenvalue weighted by molar-refractivity contribution is 0.573. The van der Waals surface area contributed by atoms with Crippen LogP contribution in [0.25, 0.3) is 22.0 Å². The molecule has 0 unspecified atom stereocenters. The summed E-state index contributed by atoms with van der Waals surface area (Å²) in [4.78, 5) is 24.0. The molecule has 95 heavy (non-hydrogen) atoms. The van der Waals surface area contributed by atoms with Gasteiger partial charge in [0.05, 0.1) is 0 Å². The van der Waals surface area contributed by atoms with Crippen molar-refractivity contribution in [3.63, 3.8) is 0 Å². The molecule has 0 radical (unpaired) electrons. The smallest absolute Gasteiger partial charge is 0.196 e. The van der Waals surface area contributed by atoms with Gasteiger partial charge in [-0.25, -0.2) is 13.2 Å². The molecular formula is C75H71F3N14S3. The monoisotopic (exact) mass is 1320 g/mol. The van der Waals surface area contributed by atoms with Crippen molar-refractivity contribution in [2.24, 2.45) is 15.0 Å². The highest BCUT2D eigenvalue weighted by atomic mass is 32.2. The fraction of sp³-hybridized carbons (Fsp3) is 0.253. The van der Waals surface area contributed by atoms with Gasteiger partial charge in [0.15, 0.2) is 15.5 Å². The first-order chi connectivity index (χ1) is 46.6. The minimum Gasteiger partial charge on any atom is -0.361 e. The molecule has 2 aliphatic carbocycles. The van der Waals surface area contributed by atoms with Gasteiger partial charge in [-0.2, -0.15) is 0 Å². The molecule has 3 aliphatic heterocycles. The summed E-state index contributed by atoms with van der Waals surface area (Å²) in [6.45, 7) is 6.67. The number of nitrogens with zero attached hydrogens (tertiary/aromatic N) is 13. The van der Waals surface area contributed by atoms with Crippen LogP contribution in [0.2, 0.25) is 0 Å². The minimum atomic E-state index is -0.247. The summed E-state index contributed by atoms with van der Waals surface area (Å²) in [6, 6.07) is 35.8. The molecule has 1 N–H and O–H groups in total. The van der Waals surface area contributed by atoms with E-state index in [1.54, 1.807) is 53.6 Å². The van der Waals surface area contributed by atoms with E-state index in [2.05, 4.69) is 162 Å². The number of hydrogen-bond donors (Lipinski definition) is 1. The molecule has 0 fully saturated rings. The number of H-pyrrole nitrogens is 1. The van der Waals surface area contributed by atoms with Gasteiger partial charge in [-0.3, -0.25) is 20.0 Å². The van der Waals surface area contributed by atoms with Crippen LogP contribution < -0.4 is 0 Å². The van der Waals surface area contributed by atoms with Gasteiger partial charge in [-0.15, -0.1) is 30.6 Å². The van der Waals surface area contributed by atoms with Crippen LogP contribution >= 0.6 is 35.3 Å². The van der Waals surface area contributed by atoms with Gasteiger partial charge < -0.3 is 18.7 Å². The SMILES string of the molecule is Cc1ccc(Sc2nnc(CC3=CCc4cc(F)ccc43)n2CCCC2=CCC=N2)cc1.Cc1cccc(Sc2nnc(CC3=CCc4cc(F)ccc43)n2CCCC2=CCC=N2)c1.Fc1ccc2c(Cc3nnc(Sc4cccnc4)n3CCCC3=CCC=N3)c[nH]c2c1. The normalized spacial score (nSPS) is 14.1. The van der Waals surface area contributed by atoms with Crippen molar-refractivity contribution >= 4 is 76.0 Å². The molecule has 0 amide bonds. The number of allylic oxidation sites excluding steroid dienone is 10. The quantitative estimate of drug-likeness (QED) is 0.0617. The van der Waals surface area contributed by atoms with Crippen molar-refractivity contribution in [1.29, 1.82) is 0 Å². The van der Waals surface area contributed by atoms with Crippen LogP contribution in [0.4, 0.5) is 13.2 Å². The number of benzene rings is 5. The number of aryl methyl sites for hydroxylation is 2. The molecule has 5 aromatic heterocycles. The lowest BCUT2D eigenvalue weighted by Gasteiger charge is -2.12. The van der Waals surface area contributed by atoms with E-state index in [-0.39, 0.29) is 17.5 Å². The molecule has 480 valence electrons. The van der Waals surface area contributed by atoms with Crippen LogP contribution in [0.15, 0.2) is 226 Å². The van der Waals surface area contributed by atoms with Crippen molar-refractivity contribution in [1.82, 2.24) is 54.3 Å². The third kappa shape index (κ3) is 16.6. The minimum absolute atomic E-state index is 0.178. The Morgan fingerprint density at radius 1 is 0.463 bits per heavy atom. The molecule has 10 aromatic rings. The molecule has 0 saturated heterocycles. The van der Waals surface area contributed by atoms with E-state index in [1.807, 2.05) is 61.4 Å². The summed E-state index contributed by atoms with van der Waals surface area (Å²) in [5, 5.41) is 30.9. The molecule has 5 aromatic carbocycles. The van der Waals surface area contributed by atoms with Crippen molar-refractivity contribution in [2.75, 3.05) is 0 Å². The highest BCUT2D eigenvalue weighted by Gasteiger charge is 2.23. The van der Waals surface area contributed by atoms with Gasteiger partial charge in [-0.05, 0) is 218 Å². The third-order valence-electron chi connectivity index (χ3n) is 17.0. The Bertz CT molecular complexity index is 4640. The molecular weight excluding hydrogens is 1250 g/mol. The van der Waals surface area contributed by atoms with E-state index < -0.39 is 0 Å². The first-order valence-corrected chi connectivity index (χ1v) is 34.7. The summed E-state index contributed by atoms with van der Waals surface area (Å²) in [6.07, 6.45) is 34.4. The van der Waals surface area contributed by atoms with Crippen LogP contribution in [0, 0.1) is 31.3 Å². The lowest BCUT2D eigenvalue weighted by atomic mass is 10.0. The molecule has 5 aliphatic rings. The average molecular weight is 1320 g/mol. The van der Waals surface area contributed by atoms with E-state index in [0.717, 1.165) is 182 Å². The summed E-state index contributed by atoms with van der Waals surface area (Å²) in [5.74, 6) is 2.19. The molecule has 0 spiro atoms. The van der Waals surface area contributed by atoms with E-state index in [9.17, 15) is 13.2 Å². The van der Waals surface area contributed by atoms with E-state index >= 15 is 0 Å². The first-order valence-electron chi connectivity index (χ1n) is 32.3. The number of fused-ring (bicyclic) bond motifs is 3. The Morgan fingerprint density at radius 2 is 0.958 bits per heavy atom. The Balaban J connectivity index is 0.000000129. The maximum Gasteiger partial charge on any atom is 0.196 e. The molecule has 8 heterocycles. The fourth-order valence-electron chi connectivity index (χ4n) is 12.2. The summed E-state index contributed by atoms with van der Waals surface area (Å²) < 4.78 is 47.4. The molecule has 0 saturated carbocycles. The zero-order chi connectivity index (χ0) is 64.9. The second-order valence-corrected chi connectivity index (χ2v) is 26.9. The predicted octanol–water partition coefficient (Wildman–Crippen LogP) is 17.6. The Kier molecular flexibility index (Phi) is 21.0. The van der Waals surface area contributed by atoms with Crippen molar-refractivity contribution in [3.05, 3.63) is 255 Å². The highest BCUT2D eigenvalue weighted by molar-refractivity contribution is 7.99. The number of nitrogens with one attached hydrogen (secondary N) is 1. The molecule has 15 rings (SSSR count). The van der Waals surface area contributed by atoms with Crippen molar-refractivity contribution in [2.45, 2.75) is 154 Å². The van der Waals surface area contributed by atoms with E-state index in [0.29, 0.717) is 19.3 Å². The number of pyridine rings is 1. The number of aliphatic imine (C=N–C) groups is 3. The third-order valence-corrected chi connectivity index (χ3v) is 19.9. The summed E-state index contributed by atoms with van der Waals surface area (Å²) in [7, 11) is 0. The van der Waals surface area contributed by atoms with Crippen LogP contribution in [0.3, 0.4) is 0 Å². The predicted molar refractivity (Wildman–Crippen MR) is 375 cm³/mol. The Morgan fingerprint density at radius 3 is 1.46 bits per heavy atom. The molecule has 20 heteroatoms. The second kappa shape index (κ2) is 30.9. The maximum atomic E-state index is 13.6. The Labute approximate surface area is 563 Å². The van der Waals surface area contributed by atoms with Crippen molar-refractivity contribution in [3.8, 4) is 0 Å². The van der Waals surface area contributed by atoms with Gasteiger partial charge in [0.2, 0.25) is 0 Å². The van der Waals surface area contributed by atoms with Crippen LogP contribution in [-0.4, -0.2) is 72.9 Å². The number of aromatic nitrogens is 11. The van der Waals surface area contributed by atoms with Crippen molar-refractivity contribution < 1.29 is 13.2 Å². The maximum absolute atomic E-state index is 13.6. The molecule has 0 bridgehead atoms. The number of aromatic amines is 1. The van der Waals surface area contributed by atoms with Gasteiger partial charge >= 0.3 is 0 Å². The van der Waals surface area contributed by atoms with Crippen LogP contribution in [0.5, 0.6) is 0 Å². The number of rotatable bonds is 24. The largest absolute Gasteiger partial charge is 0.361 e. The fourth-order valence-corrected chi connectivity index (χ4v) is 14.9. The average Bonchev–Trinajstić information content (AvgIpc) is 1.72.